The van der Waals surface area contributed by atoms with E-state index in [1.165, 1.54) is 0 Å². The maximum atomic E-state index is 12.9. The van der Waals surface area contributed by atoms with E-state index in [1.54, 1.807) is 0 Å². The molecule has 0 spiro atoms. The van der Waals surface area contributed by atoms with Crippen LogP contribution in [0.4, 0.5) is 0 Å². The van der Waals surface area contributed by atoms with E-state index >= 15 is 0 Å². The monoisotopic (exact) mass is 930 g/mol. The Morgan fingerprint density at radius 2 is 1.04 bits per heavy atom. The average Bonchev–Trinajstić information content (AvgIpc) is 2.99. The molecule has 0 radical (unpaired) electrons. The van der Waals surface area contributed by atoms with Gasteiger partial charge in [-0.2, -0.15) is 0 Å². The van der Waals surface area contributed by atoms with Crippen molar-refractivity contribution in [3.63, 3.8) is 0 Å². The standard InChI is InChI=1S/C25H50O21P4S.4Na/c1-3-5-7-9-11-13-18(26)40-15-17(42-19(27)14-12-10-8-6-4-2)16-41-49(36,37)45-22-20(28)23(43-47(30,31)32)25(44-48(33,34)35)24(21(22)29)46-50(38,39)51;;;;/h17,20-25,28-29H,3-16H2,1-2H3,(H,36,37)(H2,30,31,32)(H2,33,34,35)(H2,38,39,51);;;;/q;4*+1/p-4/t17-,20+,21+,22+,23-,24+,25+;;;;/m1..../s1. The van der Waals surface area contributed by atoms with Crippen LogP contribution in [0, 0.1) is 0 Å². The van der Waals surface area contributed by atoms with Gasteiger partial charge in [0.2, 0.25) is 0 Å². The summed E-state index contributed by atoms with van der Waals surface area (Å²) in [6.45, 7) is -2.94. The van der Waals surface area contributed by atoms with Crippen LogP contribution in [0.1, 0.15) is 90.9 Å². The van der Waals surface area contributed by atoms with Crippen molar-refractivity contribution in [2.75, 3.05) is 13.2 Å². The molecule has 302 valence electrons. The summed E-state index contributed by atoms with van der Waals surface area (Å²) in [5.74, 6) is -1.46. The Morgan fingerprint density at radius 3 is 1.47 bits per heavy atom. The quantitative estimate of drug-likeness (QED) is 0.0233. The topological polar surface area (TPSA) is 343 Å². The first-order valence-corrected chi connectivity index (χ1v) is 23.0. The number of carbonyl (C=O) groups is 2. The van der Waals surface area contributed by atoms with Crippen molar-refractivity contribution in [2.24, 2.45) is 0 Å². The van der Waals surface area contributed by atoms with Crippen molar-refractivity contribution in [2.45, 2.75) is 134 Å². The summed E-state index contributed by atoms with van der Waals surface area (Å²) in [6.07, 6.45) is -10.1. The second kappa shape index (κ2) is 32.4. The van der Waals surface area contributed by atoms with Crippen LogP contribution < -0.4 is 138 Å². The largest absolute Gasteiger partial charge is 1.00 e. The summed E-state index contributed by atoms with van der Waals surface area (Å²) < 4.78 is 68.5. The molecule has 5 N–H and O–H groups in total. The minimum absolute atomic E-state index is 0. The van der Waals surface area contributed by atoms with Crippen LogP contribution in [0.3, 0.4) is 0 Å². The average molecular weight is 931 g/mol. The maximum absolute atomic E-state index is 12.9. The van der Waals surface area contributed by atoms with Crippen LogP contribution in [0.5, 0.6) is 0 Å². The molecule has 0 aliphatic heterocycles. The number of phosphoric ester groups is 3. The minimum Gasteiger partial charge on any atom is -0.780 e. The summed E-state index contributed by atoms with van der Waals surface area (Å²) >= 11 is 4.16. The molecule has 0 bridgehead atoms. The summed E-state index contributed by atoms with van der Waals surface area (Å²) in [6, 6.07) is 0. The number of aliphatic hydroxyl groups is 2. The van der Waals surface area contributed by atoms with Crippen LogP contribution in [-0.4, -0.2) is 92.8 Å². The molecule has 0 heterocycles. The van der Waals surface area contributed by atoms with E-state index in [0.29, 0.717) is 19.3 Å². The minimum atomic E-state index is -6.01. The molecule has 0 aromatic carbocycles. The summed E-state index contributed by atoms with van der Waals surface area (Å²) in [4.78, 5) is 100. The molecule has 0 aromatic rings. The van der Waals surface area contributed by atoms with Gasteiger partial charge < -0.3 is 76.6 Å². The van der Waals surface area contributed by atoms with Gasteiger partial charge in [-0.1, -0.05) is 77.0 Å². The number of unbranched alkanes of at least 4 members (excludes halogenated alkanes) is 8. The molecule has 0 saturated heterocycles. The van der Waals surface area contributed by atoms with Crippen LogP contribution in [0.25, 0.3) is 0 Å². The number of aliphatic hydroxyl groups excluding tert-OH is 2. The molecule has 0 aromatic heterocycles. The molecule has 30 heteroatoms. The van der Waals surface area contributed by atoms with Crippen molar-refractivity contribution in [3.05, 3.63) is 0 Å². The van der Waals surface area contributed by atoms with E-state index in [4.69, 9.17) is 18.9 Å². The molecule has 4 unspecified atom stereocenters. The van der Waals surface area contributed by atoms with Gasteiger partial charge in [0.15, 0.2) is 6.10 Å². The Hall–Kier alpha value is 3.72. The van der Waals surface area contributed by atoms with Crippen LogP contribution in [0.15, 0.2) is 0 Å². The van der Waals surface area contributed by atoms with Gasteiger partial charge in [0.25, 0.3) is 23.5 Å². The fourth-order valence-electron chi connectivity index (χ4n) is 4.82. The van der Waals surface area contributed by atoms with E-state index in [1.807, 2.05) is 13.8 Å². The number of phosphoric acid groups is 3. The second-order valence-electron chi connectivity index (χ2n) is 11.5. The number of carbonyl (C=O) groups excluding carboxylic acids is 2. The summed E-state index contributed by atoms with van der Waals surface area (Å²) in [5, 5.41) is 21.5. The fraction of sp³-hybridized carbons (Fsp3) is 0.920. The SMILES string of the molecule is CCCCCCCC(=O)OC[C@H](COP(=O)([O-])O[C@H]1[C@H](O)[C@@H](OP(=O)([O-])O)[C@H](OP(=O)([O-])O)[C@@H](OP([O-])(O)=S)[C@H]1O)OC(=O)CCCCCCC.[Na+].[Na+].[Na+].[Na+]. The first-order chi connectivity index (χ1) is 23.5. The Bertz CT molecular complexity index is 1240. The Kier molecular flexibility index (Phi) is 38.5. The number of esters is 2. The maximum Gasteiger partial charge on any atom is 1.00 e. The second-order valence-corrected chi connectivity index (χ2v) is 17.7. The Labute approximate surface area is 413 Å². The molecule has 1 aliphatic rings. The molecule has 0 amide bonds. The zero-order valence-electron chi connectivity index (χ0n) is 31.9. The van der Waals surface area contributed by atoms with Gasteiger partial charge in [0.1, 0.15) is 49.9 Å². The normalized spacial score (nSPS) is 25.7. The third-order valence-corrected chi connectivity index (χ3v) is 9.88. The van der Waals surface area contributed by atoms with E-state index in [9.17, 15) is 62.9 Å². The van der Waals surface area contributed by atoms with E-state index in [0.717, 1.165) is 44.9 Å². The number of ether oxygens (including phenoxy) is 2. The first-order valence-electron chi connectivity index (χ1n) is 16.0. The molecule has 1 rings (SSSR count). The molecule has 21 nitrogen and oxygen atoms in total. The Balaban J connectivity index is -0.00000325. The predicted molar refractivity (Wildman–Crippen MR) is 169 cm³/mol. The molecule has 11 atom stereocenters. The number of hydrogen-bond acceptors (Lipinski definition) is 19. The van der Waals surface area contributed by atoms with Crippen molar-refractivity contribution in [1.82, 2.24) is 0 Å². The van der Waals surface area contributed by atoms with Gasteiger partial charge in [-0.15, -0.1) is 0 Å². The fourth-order valence-corrected chi connectivity index (χ4v) is 7.73. The third-order valence-electron chi connectivity index (χ3n) is 7.13. The molecule has 1 aliphatic carbocycles. The molecule has 1 saturated carbocycles. The van der Waals surface area contributed by atoms with Crippen molar-refractivity contribution < 1.29 is 218 Å². The van der Waals surface area contributed by atoms with Crippen molar-refractivity contribution in [1.29, 1.82) is 0 Å². The molecule has 55 heavy (non-hydrogen) atoms. The van der Waals surface area contributed by atoms with E-state index in [-0.39, 0.29) is 131 Å². The van der Waals surface area contributed by atoms with Gasteiger partial charge in [0.05, 0.1) is 6.61 Å². The van der Waals surface area contributed by atoms with E-state index < -0.39 is 98.1 Å². The zero-order chi connectivity index (χ0) is 39.0. The summed E-state index contributed by atoms with van der Waals surface area (Å²) in [5.41, 5.74) is 0. The van der Waals surface area contributed by atoms with Gasteiger partial charge in [-0.25, -0.2) is 0 Å². The first kappa shape index (κ1) is 65.3. The summed E-state index contributed by atoms with van der Waals surface area (Å²) in [7, 11) is -17.9. The third kappa shape index (κ3) is 30.4. The molecular weight excluding hydrogens is 884 g/mol. The van der Waals surface area contributed by atoms with Crippen LogP contribution in [-0.2, 0) is 67.2 Å². The molecule has 1 fully saturated rings. The Morgan fingerprint density at radius 1 is 0.618 bits per heavy atom. The van der Waals surface area contributed by atoms with E-state index in [2.05, 4.69) is 29.9 Å². The van der Waals surface area contributed by atoms with Crippen molar-refractivity contribution >= 4 is 53.9 Å². The van der Waals surface area contributed by atoms with Gasteiger partial charge >= 0.3 is 130 Å². The predicted octanol–water partition coefficient (Wildman–Crippen LogP) is -12.6. The van der Waals surface area contributed by atoms with Gasteiger partial charge in [0, 0.05) is 12.8 Å². The van der Waals surface area contributed by atoms with Gasteiger partial charge in [-0.05, 0) is 12.8 Å². The van der Waals surface area contributed by atoms with Crippen LogP contribution in [0.2, 0.25) is 0 Å². The smallest absolute Gasteiger partial charge is 0.780 e. The van der Waals surface area contributed by atoms with Gasteiger partial charge in [-0.3, -0.25) is 23.3 Å². The van der Waals surface area contributed by atoms with Crippen molar-refractivity contribution in [3.8, 4) is 0 Å². The number of hydrogen-bond donors (Lipinski definition) is 5. The zero-order valence-corrected chi connectivity index (χ0v) is 44.3. The van der Waals surface area contributed by atoms with Crippen LogP contribution >= 0.6 is 30.2 Å². The molecular formula is C25H46Na4O21P4S. The number of rotatable bonds is 26.